The van der Waals surface area contributed by atoms with Gasteiger partial charge in [-0.3, -0.25) is 4.90 Å². The first-order chi connectivity index (χ1) is 15.5. The highest BCUT2D eigenvalue weighted by Crippen LogP contribution is 2.37. The van der Waals surface area contributed by atoms with Gasteiger partial charge in [-0.05, 0) is 48.7 Å². The second-order valence-corrected chi connectivity index (χ2v) is 7.55. The molecule has 1 aliphatic rings. The van der Waals surface area contributed by atoms with Gasteiger partial charge >= 0.3 is 6.03 Å². The van der Waals surface area contributed by atoms with Crippen molar-refractivity contribution in [1.29, 1.82) is 0 Å². The summed E-state index contributed by atoms with van der Waals surface area (Å²) in [6, 6.07) is 13.3. The van der Waals surface area contributed by atoms with Gasteiger partial charge in [0.05, 0.1) is 24.8 Å². The molecule has 0 radical (unpaired) electrons. The normalized spacial score (nSPS) is 16.4. The van der Waals surface area contributed by atoms with Crippen molar-refractivity contribution in [3.63, 3.8) is 0 Å². The van der Waals surface area contributed by atoms with E-state index in [1.54, 1.807) is 24.1 Å². The Morgan fingerprint density at radius 2 is 1.88 bits per heavy atom. The zero-order chi connectivity index (χ0) is 22.7. The number of benzene rings is 2. The lowest BCUT2D eigenvalue weighted by Crippen LogP contribution is -2.47. The quantitative estimate of drug-likeness (QED) is 0.586. The number of halogens is 1. The number of aryl methyl sites for hydroxylation is 1. The van der Waals surface area contributed by atoms with Gasteiger partial charge in [-0.2, -0.15) is 4.98 Å². The second-order valence-electron chi connectivity index (χ2n) is 7.55. The van der Waals surface area contributed by atoms with Crippen LogP contribution in [0.2, 0.25) is 0 Å². The number of nitrogens with zero attached hydrogens (tertiary/aromatic N) is 3. The second kappa shape index (κ2) is 9.32. The van der Waals surface area contributed by atoms with Gasteiger partial charge in [0.1, 0.15) is 5.82 Å². The van der Waals surface area contributed by atoms with Gasteiger partial charge < -0.3 is 14.6 Å². The van der Waals surface area contributed by atoms with Gasteiger partial charge in [-0.25, -0.2) is 9.18 Å². The molecule has 2 heterocycles. The van der Waals surface area contributed by atoms with E-state index >= 15 is 0 Å². The molecule has 0 spiro atoms. The number of amides is 2. The van der Waals surface area contributed by atoms with Crippen LogP contribution < -0.4 is 5.32 Å². The van der Waals surface area contributed by atoms with E-state index in [0.29, 0.717) is 41.7 Å². The molecular weight excluding hydrogens is 411 g/mol. The van der Waals surface area contributed by atoms with Gasteiger partial charge in [0.2, 0.25) is 5.82 Å². The third-order valence-electron chi connectivity index (χ3n) is 5.60. The van der Waals surface area contributed by atoms with Crippen LogP contribution in [0.5, 0.6) is 0 Å². The Bertz CT molecular complexity index is 1120. The minimum Gasteiger partial charge on any atom is -0.383 e. The minimum atomic E-state index is -0.450. The van der Waals surface area contributed by atoms with E-state index in [-0.39, 0.29) is 11.8 Å². The molecule has 0 aliphatic carbocycles. The first-order valence-electron chi connectivity index (χ1n) is 10.5. The molecule has 1 unspecified atom stereocenters. The van der Waals surface area contributed by atoms with Crippen LogP contribution in [0.15, 0.2) is 58.8 Å². The summed E-state index contributed by atoms with van der Waals surface area (Å²) in [5, 5.41) is 7.15. The number of hydrogen-bond acceptors (Lipinski definition) is 5. The fraction of sp³-hybridized carbons (Fsp3) is 0.292. The fourth-order valence-electron chi connectivity index (χ4n) is 3.76. The first kappa shape index (κ1) is 21.7. The fourth-order valence-corrected chi connectivity index (χ4v) is 3.76. The highest BCUT2D eigenvalue weighted by Gasteiger charge is 2.35. The van der Waals surface area contributed by atoms with Crippen molar-refractivity contribution in [2.45, 2.75) is 26.3 Å². The van der Waals surface area contributed by atoms with Crippen molar-refractivity contribution >= 4 is 11.6 Å². The summed E-state index contributed by atoms with van der Waals surface area (Å²) >= 11 is 0. The number of aromatic nitrogens is 2. The molecule has 0 fully saturated rings. The standard InChI is InChI=1S/C24H25FN4O3/c1-4-16-5-7-17(8-6-16)21-20(15(2)29(13-14-31-3)24(30)26-21)23-27-22(28-32-23)18-9-11-19(25)12-10-18/h5-12,21H,4,13-14H2,1-3H3,(H,26,30). The van der Waals surface area contributed by atoms with E-state index in [4.69, 9.17) is 9.26 Å². The van der Waals surface area contributed by atoms with Crippen LogP contribution in [-0.2, 0) is 11.2 Å². The van der Waals surface area contributed by atoms with E-state index in [0.717, 1.165) is 12.0 Å². The summed E-state index contributed by atoms with van der Waals surface area (Å²) in [5.41, 5.74) is 4.18. The molecule has 0 saturated heterocycles. The largest absolute Gasteiger partial charge is 0.383 e. The Labute approximate surface area is 185 Å². The Balaban J connectivity index is 1.77. The molecule has 1 aliphatic heterocycles. The average molecular weight is 436 g/mol. The van der Waals surface area contributed by atoms with E-state index in [1.807, 2.05) is 31.2 Å². The third-order valence-corrected chi connectivity index (χ3v) is 5.60. The number of urea groups is 1. The predicted octanol–water partition coefficient (Wildman–Crippen LogP) is 4.58. The van der Waals surface area contributed by atoms with Gasteiger partial charge in [0.15, 0.2) is 0 Å². The van der Waals surface area contributed by atoms with Gasteiger partial charge in [-0.1, -0.05) is 36.3 Å². The highest BCUT2D eigenvalue weighted by atomic mass is 19.1. The summed E-state index contributed by atoms with van der Waals surface area (Å²) < 4.78 is 24.1. The molecule has 0 bridgehead atoms. The van der Waals surface area contributed by atoms with Crippen LogP contribution in [0.4, 0.5) is 9.18 Å². The van der Waals surface area contributed by atoms with Crippen LogP contribution in [0, 0.1) is 5.82 Å². The zero-order valence-electron chi connectivity index (χ0n) is 18.3. The first-order valence-corrected chi connectivity index (χ1v) is 10.5. The highest BCUT2D eigenvalue weighted by molar-refractivity contribution is 5.86. The number of carbonyl (C=O) groups is 1. The smallest absolute Gasteiger partial charge is 0.322 e. The molecule has 8 heteroatoms. The van der Waals surface area contributed by atoms with Gasteiger partial charge in [0.25, 0.3) is 5.89 Å². The number of methoxy groups -OCH3 is 1. The molecular formula is C24H25FN4O3. The Hall–Kier alpha value is -3.52. The summed E-state index contributed by atoms with van der Waals surface area (Å²) in [6.45, 7) is 4.73. The summed E-state index contributed by atoms with van der Waals surface area (Å²) in [7, 11) is 1.59. The lowest BCUT2D eigenvalue weighted by Gasteiger charge is -2.35. The number of ether oxygens (including phenoxy) is 1. The molecule has 3 aromatic rings. The number of nitrogens with one attached hydrogen (secondary N) is 1. The van der Waals surface area contributed by atoms with E-state index in [1.165, 1.54) is 17.7 Å². The van der Waals surface area contributed by atoms with Gasteiger partial charge in [-0.15, -0.1) is 0 Å². The Morgan fingerprint density at radius 1 is 1.16 bits per heavy atom. The summed E-state index contributed by atoms with van der Waals surface area (Å²) in [4.78, 5) is 19.1. The predicted molar refractivity (Wildman–Crippen MR) is 118 cm³/mol. The monoisotopic (exact) mass is 436 g/mol. The Morgan fingerprint density at radius 3 is 2.53 bits per heavy atom. The van der Waals surface area contributed by atoms with Crippen LogP contribution in [-0.4, -0.2) is 41.3 Å². The average Bonchev–Trinajstić information content (AvgIpc) is 3.29. The zero-order valence-corrected chi connectivity index (χ0v) is 18.3. The van der Waals surface area contributed by atoms with Crippen LogP contribution >= 0.6 is 0 Å². The Kier molecular flexibility index (Phi) is 6.32. The van der Waals surface area contributed by atoms with E-state index in [2.05, 4.69) is 22.4 Å². The summed E-state index contributed by atoms with van der Waals surface area (Å²) in [6.07, 6.45) is 0.925. The van der Waals surface area contributed by atoms with Crippen LogP contribution in [0.3, 0.4) is 0 Å². The van der Waals surface area contributed by atoms with Crippen molar-refractivity contribution in [3.05, 3.63) is 77.1 Å². The van der Waals surface area contributed by atoms with Crippen LogP contribution in [0.1, 0.15) is 36.9 Å². The van der Waals surface area contributed by atoms with Crippen molar-refractivity contribution in [1.82, 2.24) is 20.4 Å². The molecule has 2 amide bonds. The number of carbonyl (C=O) groups excluding carboxylic acids is 1. The molecule has 4 rings (SSSR count). The molecule has 0 saturated carbocycles. The van der Waals surface area contributed by atoms with Crippen LogP contribution in [0.25, 0.3) is 17.0 Å². The SMILES string of the molecule is CCc1ccc(C2NC(=O)N(CCOC)C(C)=C2c2nc(-c3ccc(F)cc3)no2)cc1. The topological polar surface area (TPSA) is 80.5 Å². The molecule has 1 atom stereocenters. The molecule has 32 heavy (non-hydrogen) atoms. The van der Waals surface area contributed by atoms with Gasteiger partial charge in [0, 0.05) is 18.4 Å². The maximum atomic E-state index is 13.3. The molecule has 166 valence electrons. The van der Waals surface area contributed by atoms with Crippen molar-refractivity contribution < 1.29 is 18.4 Å². The molecule has 1 aromatic heterocycles. The number of hydrogen-bond donors (Lipinski definition) is 1. The van der Waals surface area contributed by atoms with E-state index in [9.17, 15) is 9.18 Å². The molecule has 1 N–H and O–H groups in total. The van der Waals surface area contributed by atoms with E-state index < -0.39 is 6.04 Å². The minimum absolute atomic E-state index is 0.217. The molecule has 7 nitrogen and oxygen atoms in total. The van der Waals surface area contributed by atoms with Crippen molar-refractivity contribution in [2.75, 3.05) is 20.3 Å². The lowest BCUT2D eigenvalue weighted by atomic mass is 9.93. The maximum absolute atomic E-state index is 13.3. The lowest BCUT2D eigenvalue weighted by molar-refractivity contribution is 0.158. The summed E-state index contributed by atoms with van der Waals surface area (Å²) in [5.74, 6) is 0.310. The number of rotatable bonds is 7. The molecule has 2 aromatic carbocycles. The third kappa shape index (κ3) is 4.27. The maximum Gasteiger partial charge on any atom is 0.322 e. The number of allylic oxidation sites excluding steroid dienone is 1. The van der Waals surface area contributed by atoms with Crippen molar-refractivity contribution in [2.24, 2.45) is 0 Å². The van der Waals surface area contributed by atoms with Crippen molar-refractivity contribution in [3.8, 4) is 11.4 Å².